The molecule has 3 aromatic rings. The first kappa shape index (κ1) is 21.5. The van der Waals surface area contributed by atoms with Crippen molar-refractivity contribution in [1.82, 2.24) is 9.99 Å². The molecule has 1 amide bonds. The molecule has 158 valence electrons. The third-order valence-electron chi connectivity index (χ3n) is 4.30. The number of benzene rings is 2. The van der Waals surface area contributed by atoms with Crippen LogP contribution in [0.5, 0.6) is 11.5 Å². The highest BCUT2D eigenvalue weighted by Crippen LogP contribution is 2.12. The predicted molar refractivity (Wildman–Crippen MR) is 116 cm³/mol. The van der Waals surface area contributed by atoms with Gasteiger partial charge in [-0.1, -0.05) is 12.1 Å². The first-order chi connectivity index (χ1) is 15.0. The number of methoxy groups -OCH3 is 1. The topological polar surface area (TPSA) is 99.0 Å². The van der Waals surface area contributed by atoms with Crippen molar-refractivity contribution < 1.29 is 19.1 Å². The van der Waals surface area contributed by atoms with Gasteiger partial charge in [-0.25, -0.2) is 5.43 Å². The maximum absolute atomic E-state index is 12.7. The van der Waals surface area contributed by atoms with Crippen LogP contribution in [0.4, 0.5) is 0 Å². The summed E-state index contributed by atoms with van der Waals surface area (Å²) < 4.78 is 11.5. The number of esters is 1. The predicted octanol–water partition coefficient (Wildman–Crippen LogP) is 2.59. The molecule has 1 aromatic heterocycles. The fourth-order valence-electron chi connectivity index (χ4n) is 2.78. The first-order valence-electron chi connectivity index (χ1n) is 9.40. The maximum Gasteiger partial charge on any atom is 0.308 e. The molecule has 0 aliphatic rings. The van der Waals surface area contributed by atoms with Crippen LogP contribution < -0.4 is 20.5 Å². The lowest BCUT2D eigenvalue weighted by Gasteiger charge is -2.08. The molecule has 3 rings (SSSR count). The number of aromatic nitrogens is 1. The van der Waals surface area contributed by atoms with Crippen molar-refractivity contribution in [2.75, 3.05) is 7.11 Å². The molecular weight excluding hydrogens is 398 g/mol. The average molecular weight is 419 g/mol. The normalized spacial score (nSPS) is 10.6. The highest BCUT2D eigenvalue weighted by atomic mass is 16.5. The highest BCUT2D eigenvalue weighted by Gasteiger charge is 2.11. The van der Waals surface area contributed by atoms with Crippen molar-refractivity contribution >= 4 is 18.1 Å². The third kappa shape index (κ3) is 5.89. The molecule has 1 N–H and O–H groups in total. The lowest BCUT2D eigenvalue weighted by molar-refractivity contribution is -0.131. The Bertz CT molecular complexity index is 1150. The molecule has 8 nitrogen and oxygen atoms in total. The molecule has 0 aliphatic heterocycles. The van der Waals surface area contributed by atoms with Crippen LogP contribution in [0.15, 0.2) is 76.8 Å². The minimum atomic E-state index is -0.609. The average Bonchev–Trinajstić information content (AvgIpc) is 2.76. The van der Waals surface area contributed by atoms with Crippen molar-refractivity contribution in [2.24, 2.45) is 5.10 Å². The van der Waals surface area contributed by atoms with Gasteiger partial charge in [0.25, 0.3) is 11.5 Å². The monoisotopic (exact) mass is 419 g/mol. The summed E-state index contributed by atoms with van der Waals surface area (Å²) in [4.78, 5) is 36.0. The van der Waals surface area contributed by atoms with E-state index >= 15 is 0 Å². The Morgan fingerprint density at radius 3 is 2.35 bits per heavy atom. The van der Waals surface area contributed by atoms with Gasteiger partial charge >= 0.3 is 5.97 Å². The van der Waals surface area contributed by atoms with Gasteiger partial charge in [-0.2, -0.15) is 5.10 Å². The van der Waals surface area contributed by atoms with E-state index in [1.54, 1.807) is 43.6 Å². The quantitative estimate of drug-likeness (QED) is 0.275. The fourth-order valence-corrected chi connectivity index (χ4v) is 2.78. The molecule has 2 aromatic carbocycles. The molecule has 0 radical (unpaired) electrons. The van der Waals surface area contributed by atoms with Gasteiger partial charge < -0.3 is 14.0 Å². The Labute approximate surface area is 178 Å². The summed E-state index contributed by atoms with van der Waals surface area (Å²) in [5, 5.41) is 3.89. The Morgan fingerprint density at radius 2 is 1.71 bits per heavy atom. The molecule has 1 heterocycles. The van der Waals surface area contributed by atoms with Crippen molar-refractivity contribution in [3.8, 4) is 11.5 Å². The van der Waals surface area contributed by atoms with E-state index in [-0.39, 0.29) is 5.56 Å². The van der Waals surface area contributed by atoms with E-state index in [4.69, 9.17) is 9.47 Å². The van der Waals surface area contributed by atoms with Gasteiger partial charge in [-0.15, -0.1) is 0 Å². The van der Waals surface area contributed by atoms with Crippen molar-refractivity contribution in [1.29, 1.82) is 0 Å². The number of hydrogen-bond acceptors (Lipinski definition) is 6. The van der Waals surface area contributed by atoms with Crippen LogP contribution in [0.1, 0.15) is 28.4 Å². The van der Waals surface area contributed by atoms with Gasteiger partial charge in [0.15, 0.2) is 0 Å². The van der Waals surface area contributed by atoms with E-state index in [0.717, 1.165) is 11.3 Å². The molecule has 0 atom stereocenters. The molecule has 8 heteroatoms. The minimum absolute atomic E-state index is 0.0154. The lowest BCUT2D eigenvalue weighted by atomic mass is 10.2. The van der Waals surface area contributed by atoms with Crippen LogP contribution in [0.2, 0.25) is 0 Å². The van der Waals surface area contributed by atoms with Crippen LogP contribution in [-0.2, 0) is 11.3 Å². The fraction of sp³-hybridized carbons (Fsp3) is 0.130. The molecule has 0 spiro atoms. The van der Waals surface area contributed by atoms with Crippen molar-refractivity contribution in [2.45, 2.75) is 13.5 Å². The van der Waals surface area contributed by atoms with Crippen LogP contribution in [0.3, 0.4) is 0 Å². The lowest BCUT2D eigenvalue weighted by Crippen LogP contribution is -2.30. The summed E-state index contributed by atoms with van der Waals surface area (Å²) in [5.74, 6) is 0.120. The minimum Gasteiger partial charge on any atom is -0.497 e. The zero-order chi connectivity index (χ0) is 22.2. The smallest absolute Gasteiger partial charge is 0.308 e. The molecule has 0 aliphatic carbocycles. The number of ether oxygens (including phenoxy) is 2. The van der Waals surface area contributed by atoms with Crippen LogP contribution in [0.25, 0.3) is 0 Å². The Kier molecular flexibility index (Phi) is 6.95. The zero-order valence-corrected chi connectivity index (χ0v) is 17.1. The summed E-state index contributed by atoms with van der Waals surface area (Å²) in [6.45, 7) is 1.64. The van der Waals surface area contributed by atoms with Gasteiger partial charge in [0, 0.05) is 13.1 Å². The SMILES string of the molecule is COc1ccc(Cn2cccc(C(=O)N/N=C\c3ccc(OC(C)=O)cc3)c2=O)cc1. The second-order valence-electron chi connectivity index (χ2n) is 6.56. The largest absolute Gasteiger partial charge is 0.497 e. The summed E-state index contributed by atoms with van der Waals surface area (Å²) in [5.41, 5.74) is 3.50. The summed E-state index contributed by atoms with van der Waals surface area (Å²) in [6, 6.07) is 17.0. The number of amides is 1. The van der Waals surface area contributed by atoms with E-state index in [1.165, 1.54) is 23.8 Å². The van der Waals surface area contributed by atoms with E-state index in [0.29, 0.717) is 17.9 Å². The van der Waals surface area contributed by atoms with Crippen LogP contribution >= 0.6 is 0 Å². The third-order valence-corrected chi connectivity index (χ3v) is 4.30. The van der Waals surface area contributed by atoms with Crippen LogP contribution in [-0.4, -0.2) is 29.8 Å². The van der Waals surface area contributed by atoms with E-state index < -0.39 is 17.4 Å². The van der Waals surface area contributed by atoms with E-state index in [1.807, 2.05) is 24.3 Å². The molecule has 0 unspecified atom stereocenters. The number of nitrogens with one attached hydrogen (secondary N) is 1. The van der Waals surface area contributed by atoms with Gasteiger partial charge in [0.05, 0.1) is 19.9 Å². The number of carbonyl (C=O) groups is 2. The second kappa shape index (κ2) is 10.0. The summed E-state index contributed by atoms with van der Waals surface area (Å²) in [6.07, 6.45) is 3.05. The standard InChI is InChI=1S/C23H21N3O5/c1-16(27)31-20-11-5-17(6-12-20)14-24-25-22(28)21-4-3-13-26(23(21)29)15-18-7-9-19(30-2)10-8-18/h3-14H,15H2,1-2H3,(H,25,28)/b24-14-. The number of pyridine rings is 1. The highest BCUT2D eigenvalue weighted by molar-refractivity contribution is 5.94. The summed E-state index contributed by atoms with van der Waals surface area (Å²) >= 11 is 0. The van der Waals surface area contributed by atoms with E-state index in [9.17, 15) is 14.4 Å². The number of hydrazone groups is 1. The van der Waals surface area contributed by atoms with Crippen molar-refractivity contribution in [3.05, 3.63) is 93.9 Å². The van der Waals surface area contributed by atoms with Gasteiger partial charge in [0.2, 0.25) is 0 Å². The second-order valence-corrected chi connectivity index (χ2v) is 6.56. The Balaban J connectivity index is 1.66. The van der Waals surface area contributed by atoms with Gasteiger partial charge in [-0.05, 0) is 59.7 Å². The van der Waals surface area contributed by atoms with Gasteiger partial charge in [0.1, 0.15) is 17.1 Å². The number of nitrogens with zero attached hydrogens (tertiary/aromatic N) is 2. The Morgan fingerprint density at radius 1 is 1.03 bits per heavy atom. The van der Waals surface area contributed by atoms with Crippen molar-refractivity contribution in [3.63, 3.8) is 0 Å². The number of carbonyl (C=O) groups excluding carboxylic acids is 2. The molecule has 0 saturated carbocycles. The first-order valence-corrected chi connectivity index (χ1v) is 9.40. The number of hydrogen-bond donors (Lipinski definition) is 1. The maximum atomic E-state index is 12.7. The summed E-state index contributed by atoms with van der Waals surface area (Å²) in [7, 11) is 1.59. The molecule has 0 bridgehead atoms. The molecule has 0 saturated heterocycles. The number of rotatable bonds is 7. The van der Waals surface area contributed by atoms with Gasteiger partial charge in [-0.3, -0.25) is 14.4 Å². The zero-order valence-electron chi connectivity index (χ0n) is 17.1. The van der Waals surface area contributed by atoms with E-state index in [2.05, 4.69) is 10.5 Å². The molecule has 0 fully saturated rings. The Hall–Kier alpha value is -4.20. The molecule has 31 heavy (non-hydrogen) atoms. The van der Waals surface area contributed by atoms with Crippen LogP contribution in [0, 0.1) is 0 Å². The molecular formula is C23H21N3O5.